The second-order valence-corrected chi connectivity index (χ2v) is 9.98. The predicted molar refractivity (Wildman–Crippen MR) is 145 cm³/mol. The number of primary amides is 1. The first-order chi connectivity index (χ1) is 19.2. The van der Waals surface area contributed by atoms with E-state index in [1.54, 1.807) is 23.7 Å². The average molecular weight is 552 g/mol. The quantitative estimate of drug-likeness (QED) is 0.328. The van der Waals surface area contributed by atoms with E-state index in [0.717, 1.165) is 18.7 Å². The van der Waals surface area contributed by atoms with Gasteiger partial charge in [-0.1, -0.05) is 12.5 Å². The highest BCUT2D eigenvalue weighted by molar-refractivity contribution is 6.00. The SMILES string of the molecule is C=CC(=O)N1C[C@@H](n2nc(C#Cc3c(F)cc4c(nc(C5CC5)n4CC)c3F)c(C(N)=O)c2NC)C[C@@H]1COC. The number of fused-ring (bicyclic) bond motifs is 1. The molecule has 1 aliphatic carbocycles. The predicted octanol–water partition coefficient (Wildman–Crippen LogP) is 2.92. The number of amides is 2. The fraction of sp³-hybridized carbons (Fsp3) is 0.429. The van der Waals surface area contributed by atoms with Crippen LogP contribution in [0.25, 0.3) is 11.0 Å². The zero-order valence-corrected chi connectivity index (χ0v) is 22.6. The molecule has 1 saturated heterocycles. The fourth-order valence-corrected chi connectivity index (χ4v) is 5.49. The molecule has 3 N–H and O–H groups in total. The zero-order valence-electron chi connectivity index (χ0n) is 22.6. The molecular formula is C28H31F2N7O3. The molecule has 210 valence electrons. The van der Waals surface area contributed by atoms with E-state index >= 15 is 8.78 Å². The second-order valence-electron chi connectivity index (χ2n) is 9.98. The summed E-state index contributed by atoms with van der Waals surface area (Å²) in [5.41, 5.74) is 5.62. The number of methoxy groups -OCH3 is 1. The Morgan fingerprint density at radius 2 is 2.08 bits per heavy atom. The van der Waals surface area contributed by atoms with E-state index < -0.39 is 23.1 Å². The number of nitrogens with zero attached hydrogens (tertiary/aromatic N) is 5. The van der Waals surface area contributed by atoms with E-state index in [0.29, 0.717) is 25.1 Å². The number of aromatic nitrogens is 4. The van der Waals surface area contributed by atoms with Crippen LogP contribution in [0.15, 0.2) is 18.7 Å². The highest BCUT2D eigenvalue weighted by Crippen LogP contribution is 2.41. The minimum atomic E-state index is -0.859. The minimum Gasteiger partial charge on any atom is -0.383 e. The normalized spacial score (nSPS) is 18.6. The molecule has 40 heavy (non-hydrogen) atoms. The van der Waals surface area contributed by atoms with Crippen LogP contribution in [0.4, 0.5) is 14.6 Å². The number of aryl methyl sites for hydroxylation is 1. The van der Waals surface area contributed by atoms with Crippen molar-refractivity contribution in [2.24, 2.45) is 5.73 Å². The Labute approximate surface area is 230 Å². The maximum Gasteiger partial charge on any atom is 0.255 e. The fourth-order valence-electron chi connectivity index (χ4n) is 5.49. The van der Waals surface area contributed by atoms with Crippen molar-refractivity contribution in [2.75, 3.05) is 32.6 Å². The standard InChI is InChI=1S/C28H31F2N7O3/c1-5-22(38)36-13-16(11-17(36)14-40-4)37-28(32-3)23(26(31)39)20(34-37)10-9-18-19(29)12-21-25(24(18)30)33-27(15-7-8-15)35(21)6-2/h5,12,15-17,32H,1,6-8,11,13-14H2,2-4H3,(H2,31,39)/t16-,17+/m0/s1. The van der Waals surface area contributed by atoms with E-state index in [4.69, 9.17) is 10.5 Å². The number of hydrogen-bond acceptors (Lipinski definition) is 6. The van der Waals surface area contributed by atoms with Crippen LogP contribution in [0.5, 0.6) is 0 Å². The van der Waals surface area contributed by atoms with Crippen molar-refractivity contribution >= 4 is 28.7 Å². The molecule has 2 aromatic heterocycles. The molecule has 10 nitrogen and oxygen atoms in total. The van der Waals surface area contributed by atoms with Gasteiger partial charge in [-0.05, 0) is 38.2 Å². The molecule has 12 heteroatoms. The number of benzene rings is 1. The van der Waals surface area contributed by atoms with Crippen molar-refractivity contribution in [2.45, 2.75) is 50.7 Å². The highest BCUT2D eigenvalue weighted by Gasteiger charge is 2.38. The largest absolute Gasteiger partial charge is 0.383 e. The summed E-state index contributed by atoms with van der Waals surface area (Å²) in [7, 11) is 3.14. The smallest absolute Gasteiger partial charge is 0.255 e. The number of carbonyl (C=O) groups is 2. The summed E-state index contributed by atoms with van der Waals surface area (Å²) in [6.45, 7) is 6.60. The van der Waals surface area contributed by atoms with Gasteiger partial charge in [0.05, 0.1) is 29.8 Å². The van der Waals surface area contributed by atoms with Gasteiger partial charge in [0, 0.05) is 39.2 Å². The van der Waals surface area contributed by atoms with Crippen LogP contribution in [0.2, 0.25) is 0 Å². The molecule has 0 unspecified atom stereocenters. The number of imidazole rings is 1. The lowest BCUT2D eigenvalue weighted by Gasteiger charge is -2.22. The van der Waals surface area contributed by atoms with Gasteiger partial charge in [0.15, 0.2) is 11.5 Å². The molecule has 3 heterocycles. The second kappa shape index (κ2) is 10.7. The molecule has 2 aliphatic rings. The number of ether oxygens (including phenoxy) is 1. The first-order valence-electron chi connectivity index (χ1n) is 13.2. The summed E-state index contributed by atoms with van der Waals surface area (Å²) in [4.78, 5) is 31.0. The van der Waals surface area contributed by atoms with Crippen LogP contribution in [-0.2, 0) is 16.1 Å². The monoisotopic (exact) mass is 551 g/mol. The molecular weight excluding hydrogens is 520 g/mol. The Bertz CT molecular complexity index is 1580. The summed E-state index contributed by atoms with van der Waals surface area (Å²) >= 11 is 0. The Morgan fingerprint density at radius 3 is 2.67 bits per heavy atom. The molecule has 2 amide bonds. The number of rotatable bonds is 8. The third kappa shape index (κ3) is 4.60. The van der Waals surface area contributed by atoms with E-state index in [1.165, 1.54) is 12.1 Å². The van der Waals surface area contributed by atoms with E-state index in [2.05, 4.69) is 33.8 Å². The third-order valence-electron chi connectivity index (χ3n) is 7.48. The first-order valence-corrected chi connectivity index (χ1v) is 13.2. The maximum atomic E-state index is 15.6. The number of nitrogens with two attached hydrogens (primary N) is 1. The van der Waals surface area contributed by atoms with Gasteiger partial charge >= 0.3 is 0 Å². The summed E-state index contributed by atoms with van der Waals surface area (Å²) in [5.74, 6) is 3.75. The molecule has 2 atom stereocenters. The number of hydrogen-bond donors (Lipinski definition) is 2. The summed E-state index contributed by atoms with van der Waals surface area (Å²) in [6.07, 6.45) is 3.66. The third-order valence-corrected chi connectivity index (χ3v) is 7.48. The van der Waals surface area contributed by atoms with Crippen LogP contribution in [0, 0.1) is 23.5 Å². The number of likely N-dealkylation sites (tertiary alicyclic amines) is 1. The van der Waals surface area contributed by atoms with Crippen molar-refractivity contribution in [3.05, 3.63) is 53.0 Å². The Kier molecular flexibility index (Phi) is 7.33. The molecule has 1 aliphatic heterocycles. The average Bonchev–Trinajstić information content (AvgIpc) is 3.42. The number of carbonyl (C=O) groups excluding carboxylic acids is 2. The van der Waals surface area contributed by atoms with Gasteiger partial charge in [0.1, 0.15) is 28.5 Å². The molecule has 1 saturated carbocycles. The van der Waals surface area contributed by atoms with Crippen LogP contribution in [0.3, 0.4) is 0 Å². The van der Waals surface area contributed by atoms with Gasteiger partial charge in [-0.2, -0.15) is 5.10 Å². The van der Waals surface area contributed by atoms with Gasteiger partial charge in [0.25, 0.3) is 5.91 Å². The Balaban J connectivity index is 1.57. The van der Waals surface area contributed by atoms with E-state index in [9.17, 15) is 9.59 Å². The summed E-state index contributed by atoms with van der Waals surface area (Å²) in [5, 5.41) is 7.45. The number of halogens is 2. The molecule has 0 spiro atoms. The van der Waals surface area contributed by atoms with Crippen LogP contribution in [0.1, 0.15) is 65.6 Å². The number of anilines is 1. The van der Waals surface area contributed by atoms with Crippen molar-refractivity contribution in [1.82, 2.24) is 24.2 Å². The lowest BCUT2D eigenvalue weighted by Crippen LogP contribution is -2.37. The molecule has 5 rings (SSSR count). The Morgan fingerprint density at radius 1 is 1.32 bits per heavy atom. The van der Waals surface area contributed by atoms with Crippen molar-refractivity contribution < 1.29 is 23.1 Å². The molecule has 1 aromatic carbocycles. The maximum absolute atomic E-state index is 15.6. The topological polar surface area (TPSA) is 120 Å². The van der Waals surface area contributed by atoms with Crippen molar-refractivity contribution in [3.8, 4) is 11.8 Å². The zero-order chi connectivity index (χ0) is 28.7. The van der Waals surface area contributed by atoms with Gasteiger partial charge in [-0.25, -0.2) is 18.4 Å². The van der Waals surface area contributed by atoms with E-state index in [1.807, 2.05) is 11.5 Å². The van der Waals surface area contributed by atoms with Crippen LogP contribution < -0.4 is 11.1 Å². The minimum absolute atomic E-state index is 0.0139. The first kappa shape index (κ1) is 27.3. The molecule has 0 radical (unpaired) electrons. The Hall–Kier alpha value is -4.24. The lowest BCUT2D eigenvalue weighted by molar-refractivity contribution is -0.127. The summed E-state index contributed by atoms with van der Waals surface area (Å²) in [6, 6.07) is 0.667. The van der Waals surface area contributed by atoms with E-state index in [-0.39, 0.29) is 53.0 Å². The summed E-state index contributed by atoms with van der Waals surface area (Å²) < 4.78 is 39.4. The lowest BCUT2D eigenvalue weighted by atomic mass is 10.1. The molecule has 3 aromatic rings. The number of nitrogens with one attached hydrogen (secondary N) is 1. The van der Waals surface area contributed by atoms with Gasteiger partial charge in [-0.3, -0.25) is 9.59 Å². The molecule has 0 bridgehead atoms. The van der Waals surface area contributed by atoms with Gasteiger partial charge in [0.2, 0.25) is 5.91 Å². The highest BCUT2D eigenvalue weighted by atomic mass is 19.1. The van der Waals surface area contributed by atoms with Crippen LogP contribution in [-0.4, -0.2) is 69.4 Å². The van der Waals surface area contributed by atoms with Gasteiger partial charge < -0.3 is 25.3 Å². The van der Waals surface area contributed by atoms with Crippen LogP contribution >= 0.6 is 0 Å². The van der Waals surface area contributed by atoms with Crippen molar-refractivity contribution in [1.29, 1.82) is 0 Å². The van der Waals surface area contributed by atoms with Gasteiger partial charge in [-0.15, -0.1) is 0 Å². The molecule has 2 fully saturated rings. The van der Waals surface area contributed by atoms with Crippen molar-refractivity contribution in [3.63, 3.8) is 0 Å².